The molecular formula is C24H24BrN3O3. The molecule has 0 atom stereocenters. The van der Waals surface area contributed by atoms with Gasteiger partial charge >= 0.3 is 5.97 Å². The van der Waals surface area contributed by atoms with Gasteiger partial charge in [0.05, 0.1) is 5.69 Å². The minimum absolute atomic E-state index is 0.0678. The molecule has 0 spiro atoms. The fourth-order valence-corrected chi connectivity index (χ4v) is 3.95. The van der Waals surface area contributed by atoms with Crippen molar-refractivity contribution in [2.75, 3.05) is 18.0 Å². The second-order valence-corrected chi connectivity index (χ2v) is 8.47. The van der Waals surface area contributed by atoms with Crippen molar-refractivity contribution in [3.05, 3.63) is 70.3 Å². The molecule has 3 aromatic rings. The Morgan fingerprint density at radius 1 is 1.03 bits per heavy atom. The van der Waals surface area contributed by atoms with Crippen LogP contribution in [0.25, 0.3) is 11.3 Å². The summed E-state index contributed by atoms with van der Waals surface area (Å²) in [5.74, 6) is 0.109. The number of carboxylic acids is 1. The van der Waals surface area contributed by atoms with Gasteiger partial charge in [0.1, 0.15) is 17.9 Å². The molecule has 0 aliphatic carbocycles. The van der Waals surface area contributed by atoms with E-state index in [0.717, 1.165) is 36.0 Å². The van der Waals surface area contributed by atoms with E-state index in [1.807, 2.05) is 48.5 Å². The summed E-state index contributed by atoms with van der Waals surface area (Å²) in [6.45, 7) is 2.14. The topological polar surface area (TPSA) is 75.5 Å². The summed E-state index contributed by atoms with van der Waals surface area (Å²) in [6, 6.07) is 15.3. The molecule has 0 unspecified atom stereocenters. The maximum absolute atomic E-state index is 11.9. The van der Waals surface area contributed by atoms with Gasteiger partial charge in [0.15, 0.2) is 0 Å². The number of para-hydroxylation sites is 1. The quantitative estimate of drug-likeness (QED) is 0.496. The lowest BCUT2D eigenvalue weighted by atomic mass is 10.1. The molecule has 4 rings (SSSR count). The molecule has 0 saturated carbocycles. The third kappa shape index (κ3) is 5.22. The summed E-state index contributed by atoms with van der Waals surface area (Å²) >= 11 is 3.43. The largest absolute Gasteiger partial charge is 0.488 e. The molecule has 0 radical (unpaired) electrons. The predicted octanol–water partition coefficient (Wildman–Crippen LogP) is 5.56. The van der Waals surface area contributed by atoms with Gasteiger partial charge < -0.3 is 14.7 Å². The number of carbonyl (C=O) groups is 1. The minimum Gasteiger partial charge on any atom is -0.488 e. The molecular weight excluding hydrogens is 458 g/mol. The van der Waals surface area contributed by atoms with Crippen molar-refractivity contribution in [1.82, 2.24) is 9.97 Å². The summed E-state index contributed by atoms with van der Waals surface area (Å²) < 4.78 is 7.08. The van der Waals surface area contributed by atoms with E-state index in [9.17, 15) is 9.90 Å². The van der Waals surface area contributed by atoms with Crippen molar-refractivity contribution in [2.24, 2.45) is 0 Å². The third-order valence-corrected chi connectivity index (χ3v) is 5.87. The van der Waals surface area contributed by atoms with Crippen LogP contribution in [-0.2, 0) is 6.61 Å². The normalized spacial score (nSPS) is 14.2. The van der Waals surface area contributed by atoms with E-state index < -0.39 is 5.97 Å². The Labute approximate surface area is 190 Å². The maximum atomic E-state index is 11.9. The summed E-state index contributed by atoms with van der Waals surface area (Å²) in [4.78, 5) is 23.1. The van der Waals surface area contributed by atoms with Gasteiger partial charge in [-0.3, -0.25) is 0 Å². The number of halogens is 1. The molecule has 6 nitrogen and oxygen atoms in total. The summed E-state index contributed by atoms with van der Waals surface area (Å²) in [5.41, 5.74) is 2.12. The Hall–Kier alpha value is -2.93. The molecule has 2 heterocycles. The Morgan fingerprint density at radius 3 is 2.45 bits per heavy atom. The zero-order valence-electron chi connectivity index (χ0n) is 17.1. The van der Waals surface area contributed by atoms with E-state index >= 15 is 0 Å². The summed E-state index contributed by atoms with van der Waals surface area (Å²) in [6.07, 6.45) is 5.99. The molecule has 1 fully saturated rings. The first-order chi connectivity index (χ1) is 15.1. The predicted molar refractivity (Wildman–Crippen MR) is 124 cm³/mol. The van der Waals surface area contributed by atoms with Crippen molar-refractivity contribution in [2.45, 2.75) is 32.3 Å². The smallest absolute Gasteiger partial charge is 0.339 e. The first-order valence-electron chi connectivity index (χ1n) is 10.4. The number of ether oxygens (including phenoxy) is 1. The highest BCUT2D eigenvalue weighted by Crippen LogP contribution is 2.33. The van der Waals surface area contributed by atoms with Gasteiger partial charge in [-0.15, -0.1) is 0 Å². The van der Waals surface area contributed by atoms with E-state index in [0.29, 0.717) is 29.6 Å². The lowest BCUT2D eigenvalue weighted by molar-refractivity contribution is 0.0697. The minimum atomic E-state index is -1.06. The van der Waals surface area contributed by atoms with Crippen LogP contribution in [-0.4, -0.2) is 34.1 Å². The van der Waals surface area contributed by atoms with Crippen LogP contribution in [0.4, 0.5) is 5.95 Å². The molecule has 31 heavy (non-hydrogen) atoms. The van der Waals surface area contributed by atoms with Crippen LogP contribution in [0, 0.1) is 0 Å². The van der Waals surface area contributed by atoms with Gasteiger partial charge in [-0.2, -0.15) is 0 Å². The third-order valence-electron chi connectivity index (χ3n) is 5.35. The first kappa shape index (κ1) is 21.3. The second kappa shape index (κ2) is 9.92. The SMILES string of the molecule is O=C(O)c1cnc(N2CCCCCC2)nc1-c1ccccc1OCc1ccc(Br)cc1. The van der Waals surface area contributed by atoms with Crippen molar-refractivity contribution < 1.29 is 14.6 Å². The van der Waals surface area contributed by atoms with Crippen LogP contribution in [0.5, 0.6) is 5.75 Å². The number of hydrogen-bond acceptors (Lipinski definition) is 5. The number of nitrogens with zero attached hydrogens (tertiary/aromatic N) is 3. The zero-order chi connectivity index (χ0) is 21.6. The summed E-state index contributed by atoms with van der Waals surface area (Å²) in [5, 5.41) is 9.76. The lowest BCUT2D eigenvalue weighted by Crippen LogP contribution is -2.26. The molecule has 7 heteroatoms. The van der Waals surface area contributed by atoms with E-state index in [4.69, 9.17) is 9.72 Å². The van der Waals surface area contributed by atoms with Gasteiger partial charge in [0.25, 0.3) is 0 Å². The second-order valence-electron chi connectivity index (χ2n) is 7.55. The van der Waals surface area contributed by atoms with Crippen LogP contribution < -0.4 is 9.64 Å². The van der Waals surface area contributed by atoms with Gasteiger partial charge in [-0.05, 0) is 42.7 Å². The summed E-state index contributed by atoms with van der Waals surface area (Å²) in [7, 11) is 0. The van der Waals surface area contributed by atoms with Crippen LogP contribution >= 0.6 is 15.9 Å². The molecule has 2 aromatic carbocycles. The standard InChI is InChI=1S/C24H24BrN3O3/c25-18-11-9-17(10-12-18)16-31-21-8-4-3-7-19(21)22-20(23(29)30)15-26-24(27-22)28-13-5-1-2-6-14-28/h3-4,7-12,15H,1-2,5-6,13-14,16H2,(H,29,30). The fourth-order valence-electron chi connectivity index (χ4n) is 3.69. The highest BCUT2D eigenvalue weighted by molar-refractivity contribution is 9.10. The number of benzene rings is 2. The lowest BCUT2D eigenvalue weighted by Gasteiger charge is -2.21. The average Bonchev–Trinajstić information content (AvgIpc) is 3.08. The van der Waals surface area contributed by atoms with Crippen LogP contribution in [0.1, 0.15) is 41.6 Å². The highest BCUT2D eigenvalue weighted by Gasteiger charge is 2.21. The molecule has 1 saturated heterocycles. The van der Waals surface area contributed by atoms with Gasteiger partial charge in [0, 0.05) is 29.3 Å². The van der Waals surface area contributed by atoms with E-state index in [1.165, 1.54) is 19.0 Å². The first-order valence-corrected chi connectivity index (χ1v) is 11.2. The molecule has 0 bridgehead atoms. The average molecular weight is 482 g/mol. The van der Waals surface area contributed by atoms with Crippen LogP contribution in [0.2, 0.25) is 0 Å². The Bertz CT molecular complexity index is 1050. The van der Waals surface area contributed by atoms with E-state index in [1.54, 1.807) is 0 Å². The number of anilines is 1. The Balaban J connectivity index is 1.68. The van der Waals surface area contributed by atoms with Crippen molar-refractivity contribution >= 4 is 27.8 Å². The molecule has 0 amide bonds. The molecule has 1 N–H and O–H groups in total. The molecule has 1 aliphatic rings. The number of hydrogen-bond donors (Lipinski definition) is 1. The molecule has 1 aliphatic heterocycles. The van der Waals surface area contributed by atoms with Gasteiger partial charge in [-0.1, -0.05) is 53.0 Å². The van der Waals surface area contributed by atoms with Crippen molar-refractivity contribution in [3.63, 3.8) is 0 Å². The van der Waals surface area contributed by atoms with Crippen molar-refractivity contribution in [3.8, 4) is 17.0 Å². The van der Waals surface area contributed by atoms with Gasteiger partial charge in [-0.25, -0.2) is 14.8 Å². The van der Waals surface area contributed by atoms with Crippen LogP contribution in [0.15, 0.2) is 59.2 Å². The monoisotopic (exact) mass is 481 g/mol. The van der Waals surface area contributed by atoms with Gasteiger partial charge in [0.2, 0.25) is 5.95 Å². The highest BCUT2D eigenvalue weighted by atomic mass is 79.9. The Morgan fingerprint density at radius 2 is 1.74 bits per heavy atom. The molecule has 160 valence electrons. The number of rotatable bonds is 6. The zero-order valence-corrected chi connectivity index (χ0v) is 18.7. The fraction of sp³-hybridized carbons (Fsp3) is 0.292. The van der Waals surface area contributed by atoms with E-state index in [2.05, 4.69) is 25.8 Å². The number of aromatic nitrogens is 2. The molecule has 1 aromatic heterocycles. The van der Waals surface area contributed by atoms with E-state index in [-0.39, 0.29) is 5.56 Å². The number of aromatic carboxylic acids is 1. The van der Waals surface area contributed by atoms with Crippen molar-refractivity contribution in [1.29, 1.82) is 0 Å². The number of carboxylic acid groups (broad SMARTS) is 1. The van der Waals surface area contributed by atoms with Crippen LogP contribution in [0.3, 0.4) is 0 Å². The maximum Gasteiger partial charge on any atom is 0.339 e. The Kier molecular flexibility index (Phi) is 6.82.